The SMILES string of the molecule is CCNC(=NCC1CC1)NCCCN(C)C1CCCCC1. The number of rotatable bonds is 8. The lowest BCUT2D eigenvalue weighted by Crippen LogP contribution is -2.40. The van der Waals surface area contributed by atoms with E-state index in [9.17, 15) is 0 Å². The number of hydrogen-bond donors (Lipinski definition) is 2. The Labute approximate surface area is 130 Å². The molecular weight excluding hydrogens is 260 g/mol. The summed E-state index contributed by atoms with van der Waals surface area (Å²) in [6.07, 6.45) is 11.0. The Morgan fingerprint density at radius 3 is 2.52 bits per heavy atom. The van der Waals surface area contributed by atoms with Crippen molar-refractivity contribution in [1.29, 1.82) is 0 Å². The van der Waals surface area contributed by atoms with Gasteiger partial charge >= 0.3 is 0 Å². The quantitative estimate of drug-likeness (QED) is 0.411. The van der Waals surface area contributed by atoms with Gasteiger partial charge in [-0.3, -0.25) is 4.99 Å². The maximum Gasteiger partial charge on any atom is 0.191 e. The molecule has 2 fully saturated rings. The Bertz CT molecular complexity index is 306. The van der Waals surface area contributed by atoms with E-state index < -0.39 is 0 Å². The van der Waals surface area contributed by atoms with E-state index in [4.69, 9.17) is 0 Å². The second-order valence-electron chi connectivity index (χ2n) is 6.72. The largest absolute Gasteiger partial charge is 0.357 e. The van der Waals surface area contributed by atoms with Crippen molar-refractivity contribution < 1.29 is 0 Å². The molecule has 0 heterocycles. The third kappa shape index (κ3) is 6.68. The summed E-state index contributed by atoms with van der Waals surface area (Å²) in [5, 5.41) is 6.82. The third-order valence-electron chi connectivity index (χ3n) is 4.73. The topological polar surface area (TPSA) is 39.7 Å². The van der Waals surface area contributed by atoms with Crippen molar-refractivity contribution in [1.82, 2.24) is 15.5 Å². The Kier molecular flexibility index (Phi) is 7.34. The van der Waals surface area contributed by atoms with Crippen LogP contribution in [0.4, 0.5) is 0 Å². The van der Waals surface area contributed by atoms with Crippen LogP contribution in [0.25, 0.3) is 0 Å². The van der Waals surface area contributed by atoms with Crippen LogP contribution in [0.1, 0.15) is 58.3 Å². The molecule has 0 unspecified atom stereocenters. The molecule has 0 aliphatic heterocycles. The minimum atomic E-state index is 0.829. The molecule has 21 heavy (non-hydrogen) atoms. The number of aliphatic imine (C=N–C) groups is 1. The highest BCUT2D eigenvalue weighted by atomic mass is 15.2. The first-order valence-corrected chi connectivity index (χ1v) is 9.02. The second kappa shape index (κ2) is 9.29. The second-order valence-corrected chi connectivity index (χ2v) is 6.72. The summed E-state index contributed by atoms with van der Waals surface area (Å²) in [6.45, 7) is 6.29. The predicted molar refractivity (Wildman–Crippen MR) is 90.8 cm³/mol. The van der Waals surface area contributed by atoms with Crippen LogP contribution in [-0.4, -0.2) is 50.1 Å². The monoisotopic (exact) mass is 294 g/mol. The molecule has 122 valence electrons. The van der Waals surface area contributed by atoms with Gasteiger partial charge < -0.3 is 15.5 Å². The molecule has 0 aromatic heterocycles. The third-order valence-corrected chi connectivity index (χ3v) is 4.73. The average molecular weight is 294 g/mol. The van der Waals surface area contributed by atoms with Crippen molar-refractivity contribution in [2.24, 2.45) is 10.9 Å². The van der Waals surface area contributed by atoms with E-state index >= 15 is 0 Å². The van der Waals surface area contributed by atoms with Crippen molar-refractivity contribution in [3.05, 3.63) is 0 Å². The first kappa shape index (κ1) is 16.6. The van der Waals surface area contributed by atoms with E-state index in [0.29, 0.717) is 0 Å². The molecule has 0 amide bonds. The van der Waals surface area contributed by atoms with Gasteiger partial charge in [-0.05, 0) is 58.5 Å². The molecule has 0 aromatic carbocycles. The first-order chi connectivity index (χ1) is 10.3. The molecule has 4 nitrogen and oxygen atoms in total. The van der Waals surface area contributed by atoms with Crippen molar-refractivity contribution in [2.75, 3.05) is 33.2 Å². The van der Waals surface area contributed by atoms with Gasteiger partial charge in [-0.15, -0.1) is 0 Å². The molecule has 2 aliphatic rings. The van der Waals surface area contributed by atoms with Crippen LogP contribution in [-0.2, 0) is 0 Å². The molecule has 2 saturated carbocycles. The van der Waals surface area contributed by atoms with Gasteiger partial charge in [-0.2, -0.15) is 0 Å². The maximum atomic E-state index is 4.66. The fourth-order valence-corrected chi connectivity index (χ4v) is 3.10. The summed E-state index contributed by atoms with van der Waals surface area (Å²) < 4.78 is 0. The maximum absolute atomic E-state index is 4.66. The van der Waals surface area contributed by atoms with Crippen LogP contribution in [0.15, 0.2) is 4.99 Å². The smallest absolute Gasteiger partial charge is 0.191 e. The average Bonchev–Trinajstić information content (AvgIpc) is 3.34. The highest BCUT2D eigenvalue weighted by Gasteiger charge is 2.20. The van der Waals surface area contributed by atoms with Crippen LogP contribution in [0.3, 0.4) is 0 Å². The van der Waals surface area contributed by atoms with Gasteiger partial charge in [-0.1, -0.05) is 19.3 Å². The molecule has 2 rings (SSSR count). The Morgan fingerprint density at radius 1 is 1.10 bits per heavy atom. The highest BCUT2D eigenvalue weighted by molar-refractivity contribution is 5.79. The molecule has 0 saturated heterocycles. The zero-order valence-electron chi connectivity index (χ0n) is 14.0. The van der Waals surface area contributed by atoms with Gasteiger partial charge in [0, 0.05) is 25.7 Å². The van der Waals surface area contributed by atoms with E-state index in [0.717, 1.165) is 37.6 Å². The van der Waals surface area contributed by atoms with Gasteiger partial charge in [0.05, 0.1) is 0 Å². The molecule has 0 aromatic rings. The Morgan fingerprint density at radius 2 is 1.86 bits per heavy atom. The van der Waals surface area contributed by atoms with Crippen LogP contribution in [0, 0.1) is 5.92 Å². The van der Waals surface area contributed by atoms with Gasteiger partial charge in [0.25, 0.3) is 0 Å². The zero-order valence-corrected chi connectivity index (χ0v) is 14.0. The first-order valence-electron chi connectivity index (χ1n) is 9.02. The van der Waals surface area contributed by atoms with Crippen LogP contribution in [0.2, 0.25) is 0 Å². The lowest BCUT2D eigenvalue weighted by Gasteiger charge is -2.31. The van der Waals surface area contributed by atoms with Crippen LogP contribution >= 0.6 is 0 Å². The van der Waals surface area contributed by atoms with Crippen LogP contribution < -0.4 is 10.6 Å². The minimum absolute atomic E-state index is 0.829. The van der Waals surface area contributed by atoms with E-state index in [1.807, 2.05) is 0 Å². The summed E-state index contributed by atoms with van der Waals surface area (Å²) in [4.78, 5) is 7.23. The number of hydrogen-bond acceptors (Lipinski definition) is 2. The normalized spacial score (nSPS) is 20.8. The fraction of sp³-hybridized carbons (Fsp3) is 0.941. The van der Waals surface area contributed by atoms with Crippen LogP contribution in [0.5, 0.6) is 0 Å². The summed E-state index contributed by atoms with van der Waals surface area (Å²) >= 11 is 0. The van der Waals surface area contributed by atoms with Crippen molar-refractivity contribution >= 4 is 5.96 Å². The van der Waals surface area contributed by atoms with Gasteiger partial charge in [-0.25, -0.2) is 0 Å². The minimum Gasteiger partial charge on any atom is -0.357 e. The van der Waals surface area contributed by atoms with E-state index in [1.165, 1.54) is 57.9 Å². The summed E-state index contributed by atoms with van der Waals surface area (Å²) in [5.74, 6) is 1.86. The van der Waals surface area contributed by atoms with Crippen molar-refractivity contribution in [3.63, 3.8) is 0 Å². The summed E-state index contributed by atoms with van der Waals surface area (Å²) in [7, 11) is 2.29. The van der Waals surface area contributed by atoms with Gasteiger partial charge in [0.1, 0.15) is 0 Å². The van der Waals surface area contributed by atoms with Crippen molar-refractivity contribution in [3.8, 4) is 0 Å². The predicted octanol–water partition coefficient (Wildman–Crippen LogP) is 2.61. The lowest BCUT2D eigenvalue weighted by molar-refractivity contribution is 0.190. The number of guanidine groups is 1. The molecule has 0 bridgehead atoms. The Balaban J connectivity index is 1.58. The molecule has 0 atom stereocenters. The highest BCUT2D eigenvalue weighted by Crippen LogP contribution is 2.28. The van der Waals surface area contributed by atoms with E-state index in [1.54, 1.807) is 0 Å². The summed E-state index contributed by atoms with van der Waals surface area (Å²) in [6, 6.07) is 0.829. The molecule has 2 aliphatic carbocycles. The number of nitrogens with one attached hydrogen (secondary N) is 2. The van der Waals surface area contributed by atoms with Gasteiger partial charge in [0.15, 0.2) is 5.96 Å². The lowest BCUT2D eigenvalue weighted by atomic mass is 9.94. The van der Waals surface area contributed by atoms with Crippen molar-refractivity contribution in [2.45, 2.75) is 64.3 Å². The molecule has 0 spiro atoms. The molecule has 0 radical (unpaired) electrons. The molecular formula is C17H34N4. The van der Waals surface area contributed by atoms with E-state index in [2.05, 4.69) is 34.5 Å². The van der Waals surface area contributed by atoms with Gasteiger partial charge in [0.2, 0.25) is 0 Å². The van der Waals surface area contributed by atoms with E-state index in [-0.39, 0.29) is 0 Å². The summed E-state index contributed by atoms with van der Waals surface area (Å²) in [5.41, 5.74) is 0. The molecule has 2 N–H and O–H groups in total. The zero-order chi connectivity index (χ0) is 14.9. The molecule has 4 heteroatoms. The Hall–Kier alpha value is -0.770. The standard InChI is InChI=1S/C17H34N4/c1-3-18-17(20-14-15-10-11-15)19-12-7-13-21(2)16-8-5-4-6-9-16/h15-16H,3-14H2,1-2H3,(H2,18,19,20). The fourth-order valence-electron chi connectivity index (χ4n) is 3.10. The number of nitrogens with zero attached hydrogens (tertiary/aromatic N) is 2.